The van der Waals surface area contributed by atoms with Crippen LogP contribution >= 0.6 is 0 Å². The summed E-state index contributed by atoms with van der Waals surface area (Å²) in [5, 5.41) is 8.67. The molecule has 0 fully saturated rings. The Morgan fingerprint density at radius 3 is 3.00 bits per heavy atom. The summed E-state index contributed by atoms with van der Waals surface area (Å²) >= 11 is 0. The van der Waals surface area contributed by atoms with Crippen molar-refractivity contribution < 1.29 is 9.92 Å². The van der Waals surface area contributed by atoms with Gasteiger partial charge in [0.05, 0.1) is 6.54 Å². The van der Waals surface area contributed by atoms with E-state index in [1.807, 2.05) is 0 Å². The summed E-state index contributed by atoms with van der Waals surface area (Å²) in [7, 11) is 0. The van der Waals surface area contributed by atoms with E-state index in [9.17, 15) is 10.1 Å². The van der Waals surface area contributed by atoms with Gasteiger partial charge in [0.25, 0.3) is 5.09 Å². The Hall–Kier alpha value is -1.13. The molecule has 0 heterocycles. The van der Waals surface area contributed by atoms with Crippen LogP contribution in [-0.2, 0) is 4.84 Å². The summed E-state index contributed by atoms with van der Waals surface area (Å²) in [4.78, 5) is 17.1. The Morgan fingerprint density at radius 2 is 2.56 bits per heavy atom. The first kappa shape index (κ1) is 7.87. The third kappa shape index (κ3) is 6.87. The predicted molar refractivity (Wildman–Crippen MR) is 32.0 cm³/mol. The molecule has 0 bridgehead atoms. The molecule has 0 aromatic carbocycles. The van der Waals surface area contributed by atoms with E-state index in [-0.39, 0.29) is 6.61 Å². The molecule has 0 amide bonds. The zero-order chi connectivity index (χ0) is 7.11. The molecule has 0 aromatic rings. The maximum absolute atomic E-state index is 9.49. The fourth-order valence-corrected chi connectivity index (χ4v) is 0.297. The number of aliphatic imine (C=N–C) groups is 1. The first-order valence-corrected chi connectivity index (χ1v) is 2.49. The van der Waals surface area contributed by atoms with Gasteiger partial charge in [-0.1, -0.05) is 0 Å². The molecule has 9 heavy (non-hydrogen) atoms. The summed E-state index contributed by atoms with van der Waals surface area (Å²) in [5.74, 6) is 0. The van der Waals surface area contributed by atoms with Crippen LogP contribution in [0.2, 0.25) is 0 Å². The third-order valence-electron chi connectivity index (χ3n) is 0.600. The third-order valence-corrected chi connectivity index (χ3v) is 0.600. The molecule has 0 atom stereocenters. The van der Waals surface area contributed by atoms with Crippen molar-refractivity contribution in [2.45, 2.75) is 6.92 Å². The molecule has 0 spiro atoms. The van der Waals surface area contributed by atoms with Crippen molar-refractivity contribution >= 4 is 6.21 Å². The van der Waals surface area contributed by atoms with Crippen LogP contribution in [0.3, 0.4) is 0 Å². The first-order chi connectivity index (χ1) is 4.27. The highest BCUT2D eigenvalue weighted by Gasteiger charge is 1.89. The van der Waals surface area contributed by atoms with E-state index in [0.29, 0.717) is 6.54 Å². The van der Waals surface area contributed by atoms with Crippen LogP contribution in [0.1, 0.15) is 6.92 Å². The molecule has 0 saturated heterocycles. The Bertz CT molecular complexity index is 112. The molecule has 0 unspecified atom stereocenters. The van der Waals surface area contributed by atoms with Crippen LogP contribution in [0, 0.1) is 10.1 Å². The molecule has 0 radical (unpaired) electrons. The molecule has 0 aromatic heterocycles. The highest BCUT2D eigenvalue weighted by Crippen LogP contribution is 1.74. The van der Waals surface area contributed by atoms with E-state index in [4.69, 9.17) is 0 Å². The molecule has 52 valence electrons. The van der Waals surface area contributed by atoms with E-state index < -0.39 is 5.09 Å². The van der Waals surface area contributed by atoms with Crippen molar-refractivity contribution in [2.75, 3.05) is 13.2 Å². The largest absolute Gasteiger partial charge is 0.312 e. The zero-order valence-corrected chi connectivity index (χ0v) is 5.11. The standard InChI is InChI=1S/C4H8N2O3/c1-2-5-3-4-9-6(7)8/h2H,3-4H2,1H3. The average Bonchev–Trinajstić information content (AvgIpc) is 1.80. The minimum absolute atomic E-state index is 0.0390. The van der Waals surface area contributed by atoms with Gasteiger partial charge >= 0.3 is 0 Å². The Balaban J connectivity index is 3.01. The van der Waals surface area contributed by atoms with Crippen molar-refractivity contribution in [3.8, 4) is 0 Å². The minimum Gasteiger partial charge on any atom is -0.312 e. The van der Waals surface area contributed by atoms with E-state index in [0.717, 1.165) is 0 Å². The van der Waals surface area contributed by atoms with Crippen LogP contribution in [0.15, 0.2) is 4.99 Å². The monoisotopic (exact) mass is 132 g/mol. The maximum atomic E-state index is 9.49. The molecule has 0 rings (SSSR count). The van der Waals surface area contributed by atoms with Crippen molar-refractivity contribution in [3.05, 3.63) is 10.1 Å². The molecule has 0 saturated carbocycles. The molecule has 0 aliphatic rings. The first-order valence-electron chi connectivity index (χ1n) is 2.49. The summed E-state index contributed by atoms with van der Waals surface area (Å²) in [5.41, 5.74) is 0. The van der Waals surface area contributed by atoms with E-state index in [1.54, 1.807) is 13.1 Å². The second-order valence-electron chi connectivity index (χ2n) is 1.22. The average molecular weight is 132 g/mol. The van der Waals surface area contributed by atoms with E-state index >= 15 is 0 Å². The molecule has 0 aliphatic heterocycles. The Kier molecular flexibility index (Phi) is 4.39. The molecular weight excluding hydrogens is 124 g/mol. The van der Waals surface area contributed by atoms with Crippen LogP contribution in [0.4, 0.5) is 0 Å². The number of hydrogen-bond donors (Lipinski definition) is 0. The van der Waals surface area contributed by atoms with Crippen molar-refractivity contribution in [3.63, 3.8) is 0 Å². The second-order valence-corrected chi connectivity index (χ2v) is 1.22. The Labute approximate surface area is 52.4 Å². The molecule has 0 aliphatic carbocycles. The summed E-state index contributed by atoms with van der Waals surface area (Å²) < 4.78 is 0. The molecular formula is C4H8N2O3. The van der Waals surface area contributed by atoms with Crippen molar-refractivity contribution in [1.82, 2.24) is 0 Å². The topological polar surface area (TPSA) is 64.7 Å². The fourth-order valence-electron chi connectivity index (χ4n) is 0.297. The van der Waals surface area contributed by atoms with Gasteiger partial charge in [-0.05, 0) is 13.1 Å². The van der Waals surface area contributed by atoms with Crippen LogP contribution in [0.25, 0.3) is 0 Å². The lowest BCUT2D eigenvalue weighted by Crippen LogP contribution is -2.04. The van der Waals surface area contributed by atoms with E-state index in [2.05, 4.69) is 9.83 Å². The Morgan fingerprint density at radius 1 is 1.89 bits per heavy atom. The van der Waals surface area contributed by atoms with Gasteiger partial charge in [0.15, 0.2) is 0 Å². The molecule has 5 heteroatoms. The maximum Gasteiger partial charge on any atom is 0.294 e. The van der Waals surface area contributed by atoms with Gasteiger partial charge in [-0.25, -0.2) is 0 Å². The van der Waals surface area contributed by atoms with Crippen LogP contribution < -0.4 is 0 Å². The number of nitrogens with zero attached hydrogens (tertiary/aromatic N) is 2. The highest BCUT2D eigenvalue weighted by atomic mass is 16.9. The fraction of sp³-hybridized carbons (Fsp3) is 0.750. The van der Waals surface area contributed by atoms with Gasteiger partial charge in [0.1, 0.15) is 6.61 Å². The molecule has 0 N–H and O–H groups in total. The number of hydrogen-bond acceptors (Lipinski definition) is 4. The summed E-state index contributed by atoms with van der Waals surface area (Å²) in [6.45, 7) is 2.13. The predicted octanol–water partition coefficient (Wildman–Crippen LogP) is 0.285. The smallest absolute Gasteiger partial charge is 0.294 e. The van der Waals surface area contributed by atoms with Gasteiger partial charge in [0.2, 0.25) is 0 Å². The summed E-state index contributed by atoms with van der Waals surface area (Å²) in [6.07, 6.45) is 1.57. The minimum atomic E-state index is -0.828. The zero-order valence-electron chi connectivity index (χ0n) is 5.11. The van der Waals surface area contributed by atoms with Gasteiger partial charge < -0.3 is 4.84 Å². The lowest BCUT2D eigenvalue weighted by Gasteiger charge is -1.90. The quantitative estimate of drug-likeness (QED) is 0.239. The van der Waals surface area contributed by atoms with Crippen LogP contribution in [0.5, 0.6) is 0 Å². The summed E-state index contributed by atoms with van der Waals surface area (Å²) in [6, 6.07) is 0. The SMILES string of the molecule is CC=NCCO[N+](=O)[O-]. The van der Waals surface area contributed by atoms with E-state index in [1.165, 1.54) is 0 Å². The van der Waals surface area contributed by atoms with Crippen LogP contribution in [-0.4, -0.2) is 24.5 Å². The lowest BCUT2D eigenvalue weighted by atomic mass is 10.7. The van der Waals surface area contributed by atoms with Gasteiger partial charge in [-0.2, -0.15) is 0 Å². The molecule has 5 nitrogen and oxygen atoms in total. The van der Waals surface area contributed by atoms with Crippen molar-refractivity contribution in [2.24, 2.45) is 4.99 Å². The van der Waals surface area contributed by atoms with Gasteiger partial charge in [0, 0.05) is 0 Å². The number of rotatable bonds is 4. The van der Waals surface area contributed by atoms with Gasteiger partial charge in [-0.15, -0.1) is 10.1 Å². The second kappa shape index (κ2) is 5.02. The highest BCUT2D eigenvalue weighted by molar-refractivity contribution is 5.53. The normalized spacial score (nSPS) is 9.89. The van der Waals surface area contributed by atoms with Gasteiger partial charge in [-0.3, -0.25) is 4.99 Å². The van der Waals surface area contributed by atoms with Crippen molar-refractivity contribution in [1.29, 1.82) is 0 Å². The lowest BCUT2D eigenvalue weighted by molar-refractivity contribution is -0.757.